The Kier molecular flexibility index (Phi) is 7.98. The van der Waals surface area contributed by atoms with Crippen LogP contribution in [0.4, 0.5) is 14.5 Å². The fourth-order valence-electron chi connectivity index (χ4n) is 2.43. The molecule has 6 nitrogen and oxygen atoms in total. The molecule has 2 aromatic rings. The molecule has 2 rings (SSSR count). The Morgan fingerprint density at radius 3 is 2.45 bits per heavy atom. The van der Waals surface area contributed by atoms with E-state index in [2.05, 4.69) is 10.1 Å². The molecule has 0 radical (unpaired) electrons. The van der Waals surface area contributed by atoms with Crippen molar-refractivity contribution in [3.63, 3.8) is 0 Å². The number of benzene rings is 2. The number of para-hydroxylation sites is 2. The average Bonchev–Trinajstić information content (AvgIpc) is 2.69. The zero-order chi connectivity index (χ0) is 21.2. The van der Waals surface area contributed by atoms with E-state index in [4.69, 9.17) is 9.47 Å². The van der Waals surface area contributed by atoms with Gasteiger partial charge in [-0.25, -0.2) is 0 Å². The number of nitriles is 1. The summed E-state index contributed by atoms with van der Waals surface area (Å²) < 4.78 is 40.2. The van der Waals surface area contributed by atoms with E-state index in [1.807, 2.05) is 13.0 Å². The van der Waals surface area contributed by atoms with Gasteiger partial charge in [0.25, 0.3) is 5.91 Å². The van der Waals surface area contributed by atoms with E-state index in [0.717, 1.165) is 0 Å². The highest BCUT2D eigenvalue weighted by Crippen LogP contribution is 2.31. The minimum Gasteiger partial charge on any atom is -0.492 e. The van der Waals surface area contributed by atoms with Crippen LogP contribution in [0.5, 0.6) is 17.2 Å². The molecule has 8 heteroatoms. The van der Waals surface area contributed by atoms with Crippen molar-refractivity contribution in [1.29, 1.82) is 5.26 Å². The van der Waals surface area contributed by atoms with E-state index in [-0.39, 0.29) is 23.7 Å². The Hall–Kier alpha value is -3.60. The molecule has 1 N–H and O–H groups in total. The third-order valence-electron chi connectivity index (χ3n) is 3.59. The highest BCUT2D eigenvalue weighted by Gasteiger charge is 2.14. The van der Waals surface area contributed by atoms with Crippen LogP contribution >= 0.6 is 0 Å². The summed E-state index contributed by atoms with van der Waals surface area (Å²) in [7, 11) is 0. The number of nitrogens with zero attached hydrogens (tertiary/aromatic N) is 1. The van der Waals surface area contributed by atoms with Crippen LogP contribution in [-0.2, 0) is 4.79 Å². The Morgan fingerprint density at radius 2 is 1.79 bits per heavy atom. The SMILES string of the molecule is CCOc1ccccc1NC(=O)/C(C#N)=C/c1ccc(OC(F)F)c(OCC)c1. The number of nitrogens with one attached hydrogen (secondary N) is 1. The maximum atomic E-state index is 12.5. The van der Waals surface area contributed by atoms with Crippen LogP contribution in [0.15, 0.2) is 48.0 Å². The molecule has 0 fully saturated rings. The van der Waals surface area contributed by atoms with Crippen molar-refractivity contribution in [2.75, 3.05) is 18.5 Å². The number of ether oxygens (including phenoxy) is 3. The van der Waals surface area contributed by atoms with Crippen LogP contribution in [-0.4, -0.2) is 25.7 Å². The van der Waals surface area contributed by atoms with Gasteiger partial charge in [-0.15, -0.1) is 0 Å². The Morgan fingerprint density at radius 1 is 1.10 bits per heavy atom. The zero-order valence-electron chi connectivity index (χ0n) is 15.9. The van der Waals surface area contributed by atoms with Gasteiger partial charge in [-0.2, -0.15) is 14.0 Å². The Balaban J connectivity index is 2.28. The molecule has 0 heterocycles. The summed E-state index contributed by atoms with van der Waals surface area (Å²) in [6, 6.07) is 12.8. The lowest BCUT2D eigenvalue weighted by Crippen LogP contribution is -2.14. The van der Waals surface area contributed by atoms with E-state index in [9.17, 15) is 18.8 Å². The first-order valence-electron chi connectivity index (χ1n) is 8.85. The Bertz CT molecular complexity index is 923. The normalized spacial score (nSPS) is 11.0. The molecule has 1 amide bonds. The van der Waals surface area contributed by atoms with Gasteiger partial charge in [0.15, 0.2) is 11.5 Å². The summed E-state index contributed by atoms with van der Waals surface area (Å²) in [6.45, 7) is 1.16. The predicted octanol–water partition coefficient (Wildman–Crippen LogP) is 4.63. The summed E-state index contributed by atoms with van der Waals surface area (Å²) >= 11 is 0. The first-order valence-corrected chi connectivity index (χ1v) is 8.85. The van der Waals surface area contributed by atoms with Gasteiger partial charge in [0, 0.05) is 0 Å². The van der Waals surface area contributed by atoms with Crippen molar-refractivity contribution >= 4 is 17.7 Å². The second-order valence-electron chi connectivity index (χ2n) is 5.57. The van der Waals surface area contributed by atoms with Gasteiger partial charge < -0.3 is 19.5 Å². The Labute approximate surface area is 167 Å². The second kappa shape index (κ2) is 10.7. The molecule has 152 valence electrons. The summed E-state index contributed by atoms with van der Waals surface area (Å²) in [4.78, 5) is 12.5. The number of alkyl halides is 2. The predicted molar refractivity (Wildman–Crippen MR) is 104 cm³/mol. The van der Waals surface area contributed by atoms with Crippen LogP contribution in [0.25, 0.3) is 6.08 Å². The van der Waals surface area contributed by atoms with Gasteiger partial charge in [-0.05, 0) is 49.8 Å². The molecule has 0 aliphatic heterocycles. The van der Waals surface area contributed by atoms with E-state index < -0.39 is 12.5 Å². The number of amides is 1. The molecule has 29 heavy (non-hydrogen) atoms. The number of rotatable bonds is 9. The van der Waals surface area contributed by atoms with Crippen molar-refractivity contribution in [3.05, 3.63) is 53.6 Å². The summed E-state index contributed by atoms with van der Waals surface area (Å²) in [6.07, 6.45) is 1.33. The highest BCUT2D eigenvalue weighted by atomic mass is 19.3. The lowest BCUT2D eigenvalue weighted by molar-refractivity contribution is -0.112. The van der Waals surface area contributed by atoms with Crippen molar-refractivity contribution in [2.45, 2.75) is 20.5 Å². The van der Waals surface area contributed by atoms with Crippen LogP contribution in [0.1, 0.15) is 19.4 Å². The fourth-order valence-corrected chi connectivity index (χ4v) is 2.43. The van der Waals surface area contributed by atoms with E-state index in [0.29, 0.717) is 23.6 Å². The minimum atomic E-state index is -3.00. The fraction of sp³-hybridized carbons (Fsp3) is 0.238. The number of anilines is 1. The molecule has 0 aromatic heterocycles. The quantitative estimate of drug-likeness (QED) is 0.489. The van der Waals surface area contributed by atoms with Crippen molar-refractivity contribution in [3.8, 4) is 23.3 Å². The number of hydrogen-bond donors (Lipinski definition) is 1. The topological polar surface area (TPSA) is 80.6 Å². The molecular formula is C21H20F2N2O4. The van der Waals surface area contributed by atoms with Crippen LogP contribution in [0, 0.1) is 11.3 Å². The van der Waals surface area contributed by atoms with E-state index in [1.54, 1.807) is 31.2 Å². The van der Waals surface area contributed by atoms with Gasteiger partial charge in [0.1, 0.15) is 17.4 Å². The van der Waals surface area contributed by atoms with Crippen molar-refractivity contribution < 1.29 is 27.8 Å². The summed E-state index contributed by atoms with van der Waals surface area (Å²) in [5.74, 6) is -0.202. The molecule has 0 atom stereocenters. The summed E-state index contributed by atoms with van der Waals surface area (Å²) in [5, 5.41) is 12.0. The van der Waals surface area contributed by atoms with Gasteiger partial charge in [0.05, 0.1) is 18.9 Å². The monoisotopic (exact) mass is 402 g/mol. The van der Waals surface area contributed by atoms with Gasteiger partial charge in [-0.1, -0.05) is 18.2 Å². The third-order valence-corrected chi connectivity index (χ3v) is 3.59. The smallest absolute Gasteiger partial charge is 0.387 e. The van der Waals surface area contributed by atoms with E-state index >= 15 is 0 Å². The first kappa shape index (κ1) is 21.7. The molecule has 0 unspecified atom stereocenters. The lowest BCUT2D eigenvalue weighted by atomic mass is 10.1. The lowest BCUT2D eigenvalue weighted by Gasteiger charge is -2.12. The standard InChI is InChI=1S/C21H20F2N2O4/c1-3-27-17-8-6-5-7-16(17)25-20(26)15(13-24)11-14-9-10-18(29-21(22)23)19(12-14)28-4-2/h5-12,21H,3-4H2,1-2H3,(H,25,26)/b15-11+. The minimum absolute atomic E-state index is 0.0842. The first-order chi connectivity index (χ1) is 14.0. The van der Waals surface area contributed by atoms with Crippen molar-refractivity contribution in [1.82, 2.24) is 0 Å². The average molecular weight is 402 g/mol. The molecule has 0 saturated carbocycles. The molecule has 2 aromatic carbocycles. The number of carbonyl (C=O) groups excluding carboxylic acids is 1. The number of carbonyl (C=O) groups is 1. The van der Waals surface area contributed by atoms with Gasteiger partial charge >= 0.3 is 6.61 Å². The largest absolute Gasteiger partial charge is 0.492 e. The molecule has 0 aliphatic rings. The zero-order valence-corrected chi connectivity index (χ0v) is 15.9. The number of halogens is 2. The summed E-state index contributed by atoms with van der Waals surface area (Å²) in [5.41, 5.74) is 0.664. The maximum absolute atomic E-state index is 12.5. The second-order valence-corrected chi connectivity index (χ2v) is 5.57. The van der Waals surface area contributed by atoms with Crippen LogP contribution in [0.3, 0.4) is 0 Å². The molecule has 0 aliphatic carbocycles. The molecule has 0 bridgehead atoms. The van der Waals surface area contributed by atoms with Gasteiger partial charge in [-0.3, -0.25) is 4.79 Å². The van der Waals surface area contributed by atoms with E-state index in [1.165, 1.54) is 24.3 Å². The molecule has 0 spiro atoms. The molecular weight excluding hydrogens is 382 g/mol. The number of hydrogen-bond acceptors (Lipinski definition) is 5. The third kappa shape index (κ3) is 6.21. The highest BCUT2D eigenvalue weighted by molar-refractivity contribution is 6.10. The van der Waals surface area contributed by atoms with Gasteiger partial charge in [0.2, 0.25) is 0 Å². The van der Waals surface area contributed by atoms with Crippen LogP contribution in [0.2, 0.25) is 0 Å². The molecule has 0 saturated heterocycles. The maximum Gasteiger partial charge on any atom is 0.387 e. The van der Waals surface area contributed by atoms with Crippen molar-refractivity contribution in [2.24, 2.45) is 0 Å². The van der Waals surface area contributed by atoms with Crippen LogP contribution < -0.4 is 19.5 Å².